The third kappa shape index (κ3) is 1.47. The minimum Gasteiger partial charge on any atom is -0.240 e. The van der Waals surface area contributed by atoms with Gasteiger partial charge in [-0.05, 0) is 27.8 Å². The summed E-state index contributed by atoms with van der Waals surface area (Å²) >= 11 is 0. The Kier molecular flexibility index (Phi) is 1.99. The van der Waals surface area contributed by atoms with Crippen LogP contribution in [0.25, 0.3) is 5.65 Å². The highest BCUT2D eigenvalue weighted by molar-refractivity contribution is 5.38. The normalized spacial score (nSPS) is 10.6. The number of hydrogen-bond donors (Lipinski definition) is 1. The van der Waals surface area contributed by atoms with Gasteiger partial charge in [0.05, 0.1) is 0 Å². The van der Waals surface area contributed by atoms with Crippen LogP contribution in [0.1, 0.15) is 0 Å². The van der Waals surface area contributed by atoms with Gasteiger partial charge in [0.15, 0.2) is 11.5 Å². The first-order valence-electron chi connectivity index (χ1n) is 3.48. The Morgan fingerprint density at radius 2 is 2.36 bits per heavy atom. The highest BCUT2D eigenvalue weighted by Crippen LogP contribution is 2.07. The highest BCUT2D eigenvalue weighted by atomic mass is 15.6. The molecule has 68 valence electrons. The van der Waals surface area contributed by atoms with E-state index in [2.05, 4.69) is 36.1 Å². The van der Waals surface area contributed by atoms with Gasteiger partial charge in [-0.25, -0.2) is 5.41 Å². The molecule has 0 fully saturated rings. The largest absolute Gasteiger partial charge is 0.240 e. The first kappa shape index (κ1) is 8.08. The predicted molar refractivity (Wildman–Crippen MR) is 43.2 cm³/mol. The van der Waals surface area contributed by atoms with Gasteiger partial charge >= 0.3 is 0 Å². The lowest BCUT2D eigenvalue weighted by molar-refractivity contribution is 0.731. The van der Waals surface area contributed by atoms with Gasteiger partial charge in [-0.15, -0.1) is 19.9 Å². The van der Waals surface area contributed by atoms with Crippen LogP contribution in [0.2, 0.25) is 0 Å². The molecule has 0 spiro atoms. The van der Waals surface area contributed by atoms with Crippen LogP contribution in [-0.4, -0.2) is 31.3 Å². The van der Waals surface area contributed by atoms with Gasteiger partial charge in [0.25, 0.3) is 0 Å². The minimum atomic E-state index is 0.295. The van der Waals surface area contributed by atoms with E-state index in [9.17, 15) is 0 Å². The lowest BCUT2D eigenvalue weighted by Gasteiger charge is -1.88. The van der Waals surface area contributed by atoms with Crippen molar-refractivity contribution in [1.29, 1.82) is 5.41 Å². The van der Waals surface area contributed by atoms with Crippen LogP contribution in [0.3, 0.4) is 0 Å². The molecular weight excluding hydrogens is 186 g/mol. The molecule has 2 rings (SSSR count). The summed E-state index contributed by atoms with van der Waals surface area (Å²) in [6.07, 6.45) is 0. The Balaban J connectivity index is 2.38. The Labute approximate surface area is 76.7 Å². The summed E-state index contributed by atoms with van der Waals surface area (Å²) in [5.41, 5.74) is 0.513. The van der Waals surface area contributed by atoms with Gasteiger partial charge in [-0.2, -0.15) is 0 Å². The van der Waals surface area contributed by atoms with Crippen LogP contribution >= 0.6 is 0 Å². The van der Waals surface area contributed by atoms with Crippen molar-refractivity contribution in [2.24, 2.45) is 15.4 Å². The second-order valence-corrected chi connectivity index (χ2v) is 2.12. The molecule has 9 nitrogen and oxygen atoms in total. The SMILES string of the molecule is N=C=NN=Nc1ccc2nnnn2n1. The van der Waals surface area contributed by atoms with Crippen molar-refractivity contribution in [3.63, 3.8) is 0 Å². The van der Waals surface area contributed by atoms with E-state index in [-0.39, 0.29) is 0 Å². The van der Waals surface area contributed by atoms with Gasteiger partial charge in [-0.1, -0.05) is 5.10 Å². The molecule has 0 aliphatic heterocycles. The topological polar surface area (TPSA) is 117 Å². The van der Waals surface area contributed by atoms with E-state index in [1.54, 1.807) is 18.1 Å². The number of nitrogens with one attached hydrogen (secondary N) is 1. The number of fused-ring (bicyclic) bond motifs is 1. The van der Waals surface area contributed by atoms with Crippen molar-refractivity contribution in [3.8, 4) is 0 Å². The summed E-state index contributed by atoms with van der Waals surface area (Å²) in [5.74, 6) is 0.295. The molecule has 0 saturated carbocycles. The average molecular weight is 189 g/mol. The fourth-order valence-electron chi connectivity index (χ4n) is 0.784. The molecule has 0 aliphatic carbocycles. The predicted octanol–water partition coefficient (Wildman–Crippen LogP) is 0.271. The Morgan fingerprint density at radius 3 is 3.21 bits per heavy atom. The molecule has 0 radical (unpaired) electrons. The molecule has 9 heteroatoms. The molecule has 0 aromatic carbocycles. The summed E-state index contributed by atoms with van der Waals surface area (Å²) in [4.78, 5) is 0. The van der Waals surface area contributed by atoms with Gasteiger partial charge in [0.1, 0.15) is 6.01 Å². The average Bonchev–Trinajstić information content (AvgIpc) is 2.65. The maximum absolute atomic E-state index is 6.45. The summed E-state index contributed by atoms with van der Waals surface area (Å²) in [7, 11) is 0. The van der Waals surface area contributed by atoms with E-state index in [0.717, 1.165) is 0 Å². The number of hydrogen-bond acceptors (Lipinski definition) is 7. The third-order valence-corrected chi connectivity index (χ3v) is 1.30. The van der Waals surface area contributed by atoms with Gasteiger partial charge in [0.2, 0.25) is 0 Å². The van der Waals surface area contributed by atoms with Crippen molar-refractivity contribution < 1.29 is 0 Å². The smallest absolute Gasteiger partial charge is 0.200 e. The molecule has 0 aliphatic rings. The van der Waals surface area contributed by atoms with E-state index >= 15 is 0 Å². The molecule has 2 aromatic rings. The third-order valence-electron chi connectivity index (χ3n) is 1.30. The zero-order valence-electron chi connectivity index (χ0n) is 6.73. The van der Waals surface area contributed by atoms with Crippen LogP contribution in [0.5, 0.6) is 0 Å². The molecule has 0 bridgehead atoms. The second-order valence-electron chi connectivity index (χ2n) is 2.12. The van der Waals surface area contributed by atoms with Crippen molar-refractivity contribution in [1.82, 2.24) is 25.3 Å². The van der Waals surface area contributed by atoms with Crippen LogP contribution in [-0.2, 0) is 0 Å². The van der Waals surface area contributed by atoms with Gasteiger partial charge < -0.3 is 0 Å². The zero-order valence-corrected chi connectivity index (χ0v) is 6.73. The maximum Gasteiger partial charge on any atom is 0.200 e. The highest BCUT2D eigenvalue weighted by Gasteiger charge is 1.98. The molecule has 1 N–H and O–H groups in total. The van der Waals surface area contributed by atoms with Crippen molar-refractivity contribution in [2.45, 2.75) is 0 Å². The first-order valence-corrected chi connectivity index (χ1v) is 3.48. The standard InChI is InChI=1S/C5H3N9/c6-3-7-11-8-4-1-2-5-9-12-13-14(5)10-4/h1-2,6H. The van der Waals surface area contributed by atoms with Crippen molar-refractivity contribution in [3.05, 3.63) is 12.1 Å². The molecule has 2 aromatic heterocycles. The first-order chi connectivity index (χ1) is 6.90. The number of aromatic nitrogens is 5. The minimum absolute atomic E-state index is 0.295. The van der Waals surface area contributed by atoms with E-state index in [1.807, 2.05) is 0 Å². The van der Waals surface area contributed by atoms with Crippen molar-refractivity contribution in [2.75, 3.05) is 0 Å². The van der Waals surface area contributed by atoms with E-state index in [0.29, 0.717) is 11.5 Å². The molecular formula is C5H3N9. The van der Waals surface area contributed by atoms with Crippen LogP contribution in [0.15, 0.2) is 27.6 Å². The van der Waals surface area contributed by atoms with Gasteiger partial charge in [0, 0.05) is 0 Å². The molecule has 0 unspecified atom stereocenters. The molecule has 0 atom stereocenters. The number of tetrazole rings is 1. The number of nitrogens with zero attached hydrogens (tertiary/aromatic N) is 8. The van der Waals surface area contributed by atoms with E-state index in [4.69, 9.17) is 5.41 Å². The molecule has 0 amide bonds. The summed E-state index contributed by atoms with van der Waals surface area (Å²) in [6, 6.07) is 4.92. The molecule has 0 saturated heterocycles. The zero-order chi connectivity index (χ0) is 9.80. The van der Waals surface area contributed by atoms with Crippen molar-refractivity contribution >= 4 is 17.5 Å². The van der Waals surface area contributed by atoms with E-state index < -0.39 is 0 Å². The van der Waals surface area contributed by atoms with Gasteiger partial charge in [-0.3, -0.25) is 0 Å². The van der Waals surface area contributed by atoms with Crippen LogP contribution < -0.4 is 0 Å². The fourth-order valence-corrected chi connectivity index (χ4v) is 0.784. The Hall–Kier alpha value is -2.54. The summed E-state index contributed by atoms with van der Waals surface area (Å²) < 4.78 is 1.21. The lowest BCUT2D eigenvalue weighted by atomic mass is 10.5. The lowest BCUT2D eigenvalue weighted by Crippen LogP contribution is -1.92. The quantitative estimate of drug-likeness (QED) is 0.414. The van der Waals surface area contributed by atoms with Crippen LogP contribution in [0, 0.1) is 5.41 Å². The Morgan fingerprint density at radius 1 is 1.43 bits per heavy atom. The van der Waals surface area contributed by atoms with E-state index in [1.165, 1.54) is 4.63 Å². The monoisotopic (exact) mass is 189 g/mol. The molecule has 14 heavy (non-hydrogen) atoms. The number of rotatable bonds is 2. The summed E-state index contributed by atoms with van der Waals surface area (Å²) in [6.45, 7) is 0. The Bertz CT molecular complexity index is 519. The fraction of sp³-hybridized carbons (Fsp3) is 0. The van der Waals surface area contributed by atoms with Crippen LogP contribution in [0.4, 0.5) is 5.82 Å². The second kappa shape index (κ2) is 3.46. The molecule has 2 heterocycles. The summed E-state index contributed by atoms with van der Waals surface area (Å²) in [5, 5.41) is 30.9. The maximum atomic E-state index is 6.45.